The van der Waals surface area contributed by atoms with E-state index in [1.807, 2.05) is 25.1 Å². The molecule has 0 saturated heterocycles. The molecule has 86 valence electrons. The van der Waals surface area contributed by atoms with Gasteiger partial charge in [-0.15, -0.1) is 11.8 Å². The molecular formula is C11H13NO3S. The van der Waals surface area contributed by atoms with Crippen molar-refractivity contribution >= 4 is 23.4 Å². The summed E-state index contributed by atoms with van der Waals surface area (Å²) >= 11 is 1.36. The topological polar surface area (TPSA) is 58.6 Å². The second kappa shape index (κ2) is 4.25. The van der Waals surface area contributed by atoms with Crippen LogP contribution in [0.15, 0.2) is 23.1 Å². The van der Waals surface area contributed by atoms with E-state index >= 15 is 0 Å². The summed E-state index contributed by atoms with van der Waals surface area (Å²) in [6.45, 7) is 1.87. The standard InChI is InChI=1S/C11H13NO3S/c1-6-10(11(13)14)16-9-5-7(15-2)3-4-8(9)12-6/h3-6,10,12H,1-2H3,(H,13,14). The van der Waals surface area contributed by atoms with Crippen molar-refractivity contribution in [2.45, 2.75) is 23.1 Å². The zero-order valence-electron chi connectivity index (χ0n) is 9.06. The van der Waals surface area contributed by atoms with Gasteiger partial charge in [0, 0.05) is 16.6 Å². The van der Waals surface area contributed by atoms with Crippen molar-refractivity contribution < 1.29 is 14.6 Å². The minimum Gasteiger partial charge on any atom is -0.497 e. The Labute approximate surface area is 98.0 Å². The molecule has 4 nitrogen and oxygen atoms in total. The van der Waals surface area contributed by atoms with E-state index in [0.717, 1.165) is 16.3 Å². The van der Waals surface area contributed by atoms with Gasteiger partial charge in [0.25, 0.3) is 0 Å². The third-order valence-electron chi connectivity index (χ3n) is 2.52. The van der Waals surface area contributed by atoms with E-state index in [2.05, 4.69) is 5.32 Å². The minimum atomic E-state index is -0.793. The first-order valence-electron chi connectivity index (χ1n) is 4.96. The van der Waals surface area contributed by atoms with Gasteiger partial charge in [-0.2, -0.15) is 0 Å². The number of carbonyl (C=O) groups is 1. The van der Waals surface area contributed by atoms with Crippen LogP contribution in [-0.4, -0.2) is 29.5 Å². The van der Waals surface area contributed by atoms with Crippen molar-refractivity contribution in [1.82, 2.24) is 0 Å². The molecule has 0 saturated carbocycles. The lowest BCUT2D eigenvalue weighted by molar-refractivity contribution is -0.136. The van der Waals surface area contributed by atoms with Crippen LogP contribution in [0, 0.1) is 0 Å². The Morgan fingerprint density at radius 2 is 2.31 bits per heavy atom. The number of benzene rings is 1. The fourth-order valence-electron chi connectivity index (χ4n) is 1.67. The molecule has 5 heteroatoms. The highest BCUT2D eigenvalue weighted by molar-refractivity contribution is 8.01. The Balaban J connectivity index is 2.32. The molecule has 0 aromatic heterocycles. The lowest BCUT2D eigenvalue weighted by Crippen LogP contribution is -2.37. The summed E-state index contributed by atoms with van der Waals surface area (Å²) in [5.74, 6) is -0.0507. The smallest absolute Gasteiger partial charge is 0.319 e. The monoisotopic (exact) mass is 239 g/mol. The maximum Gasteiger partial charge on any atom is 0.319 e. The quantitative estimate of drug-likeness (QED) is 0.827. The van der Waals surface area contributed by atoms with Crippen molar-refractivity contribution in [1.29, 1.82) is 0 Å². The second-order valence-electron chi connectivity index (χ2n) is 3.67. The van der Waals surface area contributed by atoms with Crippen LogP contribution in [0.4, 0.5) is 5.69 Å². The summed E-state index contributed by atoms with van der Waals surface area (Å²) in [5.41, 5.74) is 0.968. The molecule has 16 heavy (non-hydrogen) atoms. The van der Waals surface area contributed by atoms with E-state index in [9.17, 15) is 4.79 Å². The first-order valence-corrected chi connectivity index (χ1v) is 5.84. The number of hydrogen-bond acceptors (Lipinski definition) is 4. The van der Waals surface area contributed by atoms with Crippen LogP contribution in [0.2, 0.25) is 0 Å². The Bertz CT molecular complexity index is 422. The van der Waals surface area contributed by atoms with E-state index in [0.29, 0.717) is 0 Å². The lowest BCUT2D eigenvalue weighted by Gasteiger charge is -2.29. The van der Waals surface area contributed by atoms with Crippen LogP contribution in [0.3, 0.4) is 0 Å². The van der Waals surface area contributed by atoms with Crippen LogP contribution in [0.1, 0.15) is 6.92 Å². The molecule has 0 aliphatic carbocycles. The zero-order valence-corrected chi connectivity index (χ0v) is 9.88. The van der Waals surface area contributed by atoms with Crippen molar-refractivity contribution in [2.75, 3.05) is 12.4 Å². The molecule has 1 aromatic rings. The van der Waals surface area contributed by atoms with Crippen molar-refractivity contribution in [3.8, 4) is 5.75 Å². The normalized spacial score (nSPS) is 23.1. The number of methoxy groups -OCH3 is 1. The maximum absolute atomic E-state index is 11.0. The Morgan fingerprint density at radius 3 is 2.94 bits per heavy atom. The molecule has 1 aliphatic heterocycles. The maximum atomic E-state index is 11.0. The number of aliphatic carboxylic acids is 1. The number of carboxylic acids is 1. The molecule has 2 atom stereocenters. The molecular weight excluding hydrogens is 226 g/mol. The Kier molecular flexibility index (Phi) is 2.96. The molecule has 1 aromatic carbocycles. The number of ether oxygens (including phenoxy) is 1. The first-order chi connectivity index (χ1) is 7.61. The summed E-state index contributed by atoms with van der Waals surface area (Å²) in [6.07, 6.45) is 0. The third kappa shape index (κ3) is 1.95. The molecule has 2 unspecified atom stereocenters. The highest BCUT2D eigenvalue weighted by Gasteiger charge is 2.31. The van der Waals surface area contributed by atoms with Crippen LogP contribution in [0.5, 0.6) is 5.75 Å². The van der Waals surface area contributed by atoms with Crippen LogP contribution in [-0.2, 0) is 4.79 Å². The van der Waals surface area contributed by atoms with E-state index in [1.165, 1.54) is 11.8 Å². The minimum absolute atomic E-state index is 0.0802. The number of thioether (sulfide) groups is 1. The van der Waals surface area contributed by atoms with Gasteiger partial charge in [0.15, 0.2) is 0 Å². The molecule has 0 fully saturated rings. The summed E-state index contributed by atoms with van der Waals surface area (Å²) < 4.78 is 5.11. The van der Waals surface area contributed by atoms with Gasteiger partial charge >= 0.3 is 5.97 Å². The van der Waals surface area contributed by atoms with Gasteiger partial charge in [0.1, 0.15) is 11.0 Å². The van der Waals surface area contributed by atoms with Crippen molar-refractivity contribution in [2.24, 2.45) is 0 Å². The average Bonchev–Trinajstić information content (AvgIpc) is 2.27. The van der Waals surface area contributed by atoms with E-state index in [1.54, 1.807) is 7.11 Å². The molecule has 1 heterocycles. The summed E-state index contributed by atoms with van der Waals surface area (Å²) in [6, 6.07) is 5.55. The molecule has 0 amide bonds. The Hall–Kier alpha value is -1.36. The predicted octanol–water partition coefficient (Wildman–Crippen LogP) is 2.05. The molecule has 0 bridgehead atoms. The zero-order chi connectivity index (χ0) is 11.7. The van der Waals surface area contributed by atoms with Gasteiger partial charge in [0.2, 0.25) is 0 Å². The van der Waals surface area contributed by atoms with E-state index in [4.69, 9.17) is 9.84 Å². The fraction of sp³-hybridized carbons (Fsp3) is 0.364. The fourth-order valence-corrected chi connectivity index (χ4v) is 2.76. The van der Waals surface area contributed by atoms with Crippen molar-refractivity contribution in [3.05, 3.63) is 18.2 Å². The first kappa shape index (κ1) is 11.1. The van der Waals surface area contributed by atoms with Gasteiger partial charge < -0.3 is 15.2 Å². The van der Waals surface area contributed by atoms with E-state index in [-0.39, 0.29) is 6.04 Å². The number of carboxylic acid groups (broad SMARTS) is 1. The van der Waals surface area contributed by atoms with Gasteiger partial charge in [-0.3, -0.25) is 4.79 Å². The largest absolute Gasteiger partial charge is 0.497 e. The molecule has 0 radical (unpaired) electrons. The highest BCUT2D eigenvalue weighted by atomic mass is 32.2. The number of nitrogens with one attached hydrogen (secondary N) is 1. The number of fused-ring (bicyclic) bond motifs is 1. The van der Waals surface area contributed by atoms with Gasteiger partial charge in [-0.05, 0) is 25.1 Å². The van der Waals surface area contributed by atoms with Crippen LogP contribution < -0.4 is 10.1 Å². The number of rotatable bonds is 2. The van der Waals surface area contributed by atoms with E-state index < -0.39 is 11.2 Å². The average molecular weight is 239 g/mol. The van der Waals surface area contributed by atoms with Gasteiger partial charge in [-0.1, -0.05) is 0 Å². The SMILES string of the molecule is COc1ccc2c(c1)SC(C(=O)O)C(C)N2. The van der Waals surface area contributed by atoms with Crippen LogP contribution >= 0.6 is 11.8 Å². The summed E-state index contributed by atoms with van der Waals surface area (Å²) in [5, 5.41) is 11.8. The highest BCUT2D eigenvalue weighted by Crippen LogP contribution is 2.39. The van der Waals surface area contributed by atoms with Gasteiger partial charge in [-0.25, -0.2) is 0 Å². The molecule has 2 N–H and O–H groups in total. The van der Waals surface area contributed by atoms with Crippen molar-refractivity contribution in [3.63, 3.8) is 0 Å². The van der Waals surface area contributed by atoms with Gasteiger partial charge in [0.05, 0.1) is 7.11 Å². The molecule has 2 rings (SSSR count). The third-order valence-corrected chi connectivity index (χ3v) is 3.98. The summed E-state index contributed by atoms with van der Waals surface area (Å²) in [4.78, 5) is 12.0. The second-order valence-corrected chi connectivity index (χ2v) is 4.86. The molecule has 0 spiro atoms. The van der Waals surface area contributed by atoms with Crippen LogP contribution in [0.25, 0.3) is 0 Å². The number of anilines is 1. The summed E-state index contributed by atoms with van der Waals surface area (Å²) in [7, 11) is 1.60. The Morgan fingerprint density at radius 1 is 1.56 bits per heavy atom. The molecule has 1 aliphatic rings. The lowest BCUT2D eigenvalue weighted by atomic mass is 10.2. The predicted molar refractivity (Wildman–Crippen MR) is 63.4 cm³/mol. The number of hydrogen-bond donors (Lipinski definition) is 2.